The summed E-state index contributed by atoms with van der Waals surface area (Å²) in [5, 5.41) is 12.4. The number of likely N-dealkylation sites (N-methyl/N-ethyl adjacent to an activating group) is 1. The quantitative estimate of drug-likeness (QED) is 0.901. The lowest BCUT2D eigenvalue weighted by Gasteiger charge is -2.35. The van der Waals surface area contributed by atoms with Crippen molar-refractivity contribution < 1.29 is 9.53 Å². The highest BCUT2D eigenvalue weighted by molar-refractivity contribution is 7.13. The molecular formula is C16H20N4O2S. The maximum Gasteiger partial charge on any atom is 0.294 e. The van der Waals surface area contributed by atoms with Crippen molar-refractivity contribution in [2.45, 2.75) is 32.5 Å². The first-order valence-corrected chi connectivity index (χ1v) is 8.50. The molecule has 0 aliphatic carbocycles. The van der Waals surface area contributed by atoms with Crippen molar-refractivity contribution in [3.63, 3.8) is 0 Å². The van der Waals surface area contributed by atoms with Crippen LogP contribution in [0.2, 0.25) is 0 Å². The van der Waals surface area contributed by atoms with Crippen molar-refractivity contribution in [3.05, 3.63) is 40.4 Å². The van der Waals surface area contributed by atoms with Crippen molar-refractivity contribution in [3.8, 4) is 5.19 Å². The second-order valence-corrected chi connectivity index (χ2v) is 6.43. The van der Waals surface area contributed by atoms with Crippen LogP contribution >= 0.6 is 11.3 Å². The van der Waals surface area contributed by atoms with Gasteiger partial charge in [-0.25, -0.2) is 0 Å². The molecule has 1 amide bonds. The van der Waals surface area contributed by atoms with E-state index in [1.54, 1.807) is 7.05 Å². The Kier molecular flexibility index (Phi) is 4.88. The highest BCUT2D eigenvalue weighted by atomic mass is 32.1. The second kappa shape index (κ2) is 7.06. The Labute approximate surface area is 139 Å². The van der Waals surface area contributed by atoms with Crippen LogP contribution in [0.4, 0.5) is 0 Å². The Morgan fingerprint density at radius 2 is 2.17 bits per heavy atom. The zero-order valence-corrected chi connectivity index (χ0v) is 14.1. The number of hydrogen-bond donors (Lipinski definition) is 1. The van der Waals surface area contributed by atoms with Gasteiger partial charge in [0.1, 0.15) is 5.01 Å². The van der Waals surface area contributed by atoms with Gasteiger partial charge in [-0.3, -0.25) is 9.69 Å². The highest BCUT2D eigenvalue weighted by Gasteiger charge is 2.31. The lowest BCUT2D eigenvalue weighted by molar-refractivity contribution is -0.126. The largest absolute Gasteiger partial charge is 0.469 e. The molecule has 2 heterocycles. The molecule has 0 spiro atoms. The van der Waals surface area contributed by atoms with Crippen LogP contribution in [0.25, 0.3) is 0 Å². The van der Waals surface area contributed by atoms with E-state index in [9.17, 15) is 4.79 Å². The Bertz CT molecular complexity index is 688. The van der Waals surface area contributed by atoms with Gasteiger partial charge in [0.15, 0.2) is 0 Å². The van der Waals surface area contributed by atoms with Gasteiger partial charge in [0.2, 0.25) is 5.91 Å². The molecule has 1 aliphatic heterocycles. The lowest BCUT2D eigenvalue weighted by atomic mass is 9.93. The van der Waals surface area contributed by atoms with E-state index < -0.39 is 0 Å². The molecule has 0 fully saturated rings. The topological polar surface area (TPSA) is 67.4 Å². The smallest absolute Gasteiger partial charge is 0.294 e. The molecule has 23 heavy (non-hydrogen) atoms. The number of nitrogens with one attached hydrogen (secondary N) is 1. The molecule has 1 aliphatic rings. The van der Waals surface area contributed by atoms with Crippen molar-refractivity contribution in [1.29, 1.82) is 0 Å². The van der Waals surface area contributed by atoms with Crippen LogP contribution in [-0.2, 0) is 24.3 Å². The van der Waals surface area contributed by atoms with E-state index in [-0.39, 0.29) is 11.9 Å². The molecule has 0 saturated carbocycles. The average Bonchev–Trinajstić information content (AvgIpc) is 3.01. The molecule has 0 radical (unpaired) electrons. The third-order valence-electron chi connectivity index (χ3n) is 3.95. The fraction of sp³-hybridized carbons (Fsp3) is 0.438. The summed E-state index contributed by atoms with van der Waals surface area (Å²) in [6.07, 6.45) is 0.715. The summed E-state index contributed by atoms with van der Waals surface area (Å²) in [6, 6.07) is 8.09. The van der Waals surface area contributed by atoms with Crippen LogP contribution in [-0.4, -0.2) is 40.7 Å². The van der Waals surface area contributed by atoms with E-state index in [1.807, 2.05) is 19.1 Å². The second-order valence-electron chi connectivity index (χ2n) is 5.40. The Morgan fingerprint density at radius 3 is 2.91 bits per heavy atom. The lowest BCUT2D eigenvalue weighted by Crippen LogP contribution is -2.49. The van der Waals surface area contributed by atoms with Gasteiger partial charge in [0.05, 0.1) is 19.2 Å². The summed E-state index contributed by atoms with van der Waals surface area (Å²) in [7, 11) is 1.68. The van der Waals surface area contributed by atoms with Crippen molar-refractivity contribution in [2.75, 3.05) is 13.7 Å². The summed E-state index contributed by atoms with van der Waals surface area (Å²) in [6.45, 7) is 3.83. The average molecular weight is 332 g/mol. The normalized spacial score (nSPS) is 17.6. The molecule has 1 atom stereocenters. The number of nitrogens with zero attached hydrogens (tertiary/aromatic N) is 3. The molecule has 1 N–H and O–H groups in total. The van der Waals surface area contributed by atoms with Gasteiger partial charge in [-0.15, -0.1) is 10.2 Å². The van der Waals surface area contributed by atoms with E-state index in [4.69, 9.17) is 4.74 Å². The minimum absolute atomic E-state index is 0.0362. The van der Waals surface area contributed by atoms with Gasteiger partial charge in [0, 0.05) is 13.6 Å². The number of amides is 1. The fourth-order valence-corrected chi connectivity index (χ4v) is 3.60. The predicted octanol–water partition coefficient (Wildman–Crippen LogP) is 1.61. The molecule has 1 aromatic carbocycles. The third-order valence-corrected chi connectivity index (χ3v) is 4.77. The predicted molar refractivity (Wildman–Crippen MR) is 88.3 cm³/mol. The van der Waals surface area contributed by atoms with Gasteiger partial charge in [-0.2, -0.15) is 0 Å². The number of carbonyl (C=O) groups excluding carboxylic acids is 1. The van der Waals surface area contributed by atoms with E-state index in [1.165, 1.54) is 22.5 Å². The minimum Gasteiger partial charge on any atom is -0.469 e. The van der Waals surface area contributed by atoms with E-state index >= 15 is 0 Å². The highest BCUT2D eigenvalue weighted by Crippen LogP contribution is 2.27. The minimum atomic E-state index is -0.186. The van der Waals surface area contributed by atoms with Crippen LogP contribution in [0.1, 0.15) is 23.1 Å². The summed E-state index contributed by atoms with van der Waals surface area (Å²) >= 11 is 1.44. The van der Waals surface area contributed by atoms with Crippen LogP contribution < -0.4 is 10.1 Å². The summed E-state index contributed by atoms with van der Waals surface area (Å²) < 4.78 is 5.37. The first kappa shape index (κ1) is 15.9. The van der Waals surface area contributed by atoms with Crippen molar-refractivity contribution >= 4 is 17.2 Å². The van der Waals surface area contributed by atoms with E-state index in [0.29, 0.717) is 24.8 Å². The number of aromatic nitrogens is 2. The van der Waals surface area contributed by atoms with Gasteiger partial charge in [-0.05, 0) is 24.5 Å². The van der Waals surface area contributed by atoms with Gasteiger partial charge < -0.3 is 10.1 Å². The Balaban J connectivity index is 1.81. The number of carbonyl (C=O) groups is 1. The molecule has 1 unspecified atom stereocenters. The molecule has 0 saturated heterocycles. The summed E-state index contributed by atoms with van der Waals surface area (Å²) in [5.74, 6) is 0.0362. The van der Waals surface area contributed by atoms with Gasteiger partial charge in [-0.1, -0.05) is 35.6 Å². The Morgan fingerprint density at radius 1 is 1.39 bits per heavy atom. The molecule has 2 aromatic rings. The molecule has 1 aromatic heterocycles. The third kappa shape index (κ3) is 3.51. The maximum atomic E-state index is 12.3. The van der Waals surface area contributed by atoms with Crippen LogP contribution in [0.5, 0.6) is 5.19 Å². The monoisotopic (exact) mass is 332 g/mol. The Hall–Kier alpha value is -1.99. The van der Waals surface area contributed by atoms with Gasteiger partial charge >= 0.3 is 0 Å². The van der Waals surface area contributed by atoms with Crippen molar-refractivity contribution in [2.24, 2.45) is 0 Å². The van der Waals surface area contributed by atoms with Crippen LogP contribution in [0, 0.1) is 0 Å². The van der Waals surface area contributed by atoms with Crippen LogP contribution in [0.15, 0.2) is 24.3 Å². The molecule has 122 valence electrons. The fourth-order valence-electron chi connectivity index (χ4n) is 2.83. The molecule has 6 nitrogen and oxygen atoms in total. The molecule has 0 bridgehead atoms. The molecule has 7 heteroatoms. The number of fused-ring (bicyclic) bond motifs is 1. The van der Waals surface area contributed by atoms with Gasteiger partial charge in [0.25, 0.3) is 5.19 Å². The number of ether oxygens (including phenoxy) is 1. The van der Waals surface area contributed by atoms with E-state index in [0.717, 1.165) is 11.6 Å². The maximum absolute atomic E-state index is 12.3. The zero-order valence-electron chi connectivity index (χ0n) is 13.3. The number of rotatable bonds is 5. The number of hydrogen-bond acceptors (Lipinski definition) is 6. The number of benzene rings is 1. The van der Waals surface area contributed by atoms with Crippen molar-refractivity contribution in [1.82, 2.24) is 20.4 Å². The SMILES string of the molecule is CCOc1nnc(CN2Cc3ccccc3CC2C(=O)NC)s1. The molecule has 3 rings (SSSR count). The summed E-state index contributed by atoms with van der Waals surface area (Å²) in [5.41, 5.74) is 2.51. The van der Waals surface area contributed by atoms with Crippen LogP contribution in [0.3, 0.4) is 0 Å². The zero-order chi connectivity index (χ0) is 16.2. The first-order chi connectivity index (χ1) is 11.2. The summed E-state index contributed by atoms with van der Waals surface area (Å²) in [4.78, 5) is 14.4. The standard InChI is InChI=1S/C16H20N4O2S/c1-3-22-16-19-18-14(23-16)10-20-9-12-7-5-4-6-11(12)8-13(20)15(21)17-2/h4-7,13H,3,8-10H2,1-2H3,(H,17,21). The first-order valence-electron chi connectivity index (χ1n) is 7.69. The van der Waals surface area contributed by atoms with E-state index in [2.05, 4.69) is 32.5 Å². The molecular weight excluding hydrogens is 312 g/mol.